The van der Waals surface area contributed by atoms with Crippen molar-refractivity contribution in [3.63, 3.8) is 0 Å². The van der Waals surface area contributed by atoms with Crippen molar-refractivity contribution < 1.29 is 9.90 Å². The standard InChI is InChI=1S/C27H34N4O2S/c1-27(2,3)25(30-17-22(19-32)31(34)15-14-24(30)33)26-28-23(21-12-8-5-9-13-21)18-29(26)16-20-10-6-4-7-11-20/h4-13,18,22,25,32,34H,14-17,19H2,1-3H3/t22-,25-/m0/s1. The van der Waals surface area contributed by atoms with Gasteiger partial charge in [0, 0.05) is 37.8 Å². The van der Waals surface area contributed by atoms with Crippen molar-refractivity contribution in [2.45, 2.75) is 45.8 Å². The number of aliphatic hydroxyl groups is 1. The summed E-state index contributed by atoms with van der Waals surface area (Å²) in [5.74, 6) is 0.915. The van der Waals surface area contributed by atoms with Crippen LogP contribution in [0.5, 0.6) is 0 Å². The maximum atomic E-state index is 13.4. The molecule has 0 aliphatic carbocycles. The quantitative estimate of drug-likeness (QED) is 0.515. The van der Waals surface area contributed by atoms with Crippen molar-refractivity contribution in [3.05, 3.63) is 78.2 Å². The Balaban J connectivity index is 1.83. The zero-order chi connectivity index (χ0) is 24.3. The lowest BCUT2D eigenvalue weighted by atomic mass is 9.84. The highest BCUT2D eigenvalue weighted by molar-refractivity contribution is 7.77. The number of carbonyl (C=O) groups excluding carboxylic acids is 1. The third-order valence-corrected chi connectivity index (χ3v) is 6.89. The highest BCUT2D eigenvalue weighted by atomic mass is 32.1. The van der Waals surface area contributed by atoms with Crippen LogP contribution >= 0.6 is 12.8 Å². The lowest BCUT2D eigenvalue weighted by Crippen LogP contribution is -2.46. The number of imidazole rings is 1. The summed E-state index contributed by atoms with van der Waals surface area (Å²) in [6.07, 6.45) is 2.45. The third kappa shape index (κ3) is 5.37. The summed E-state index contributed by atoms with van der Waals surface area (Å²) in [6, 6.07) is 19.9. The summed E-state index contributed by atoms with van der Waals surface area (Å²) in [5.41, 5.74) is 2.82. The highest BCUT2D eigenvalue weighted by Crippen LogP contribution is 2.40. The van der Waals surface area contributed by atoms with Crippen LogP contribution in [0.4, 0.5) is 0 Å². The molecule has 0 radical (unpaired) electrons. The van der Waals surface area contributed by atoms with Gasteiger partial charge in [-0.25, -0.2) is 9.29 Å². The molecule has 2 atom stereocenters. The molecule has 1 saturated heterocycles. The Morgan fingerprint density at radius 2 is 1.74 bits per heavy atom. The maximum absolute atomic E-state index is 13.4. The lowest BCUT2D eigenvalue weighted by Gasteiger charge is -2.40. The molecule has 0 spiro atoms. The monoisotopic (exact) mass is 478 g/mol. The van der Waals surface area contributed by atoms with Gasteiger partial charge in [0.2, 0.25) is 5.91 Å². The fourth-order valence-electron chi connectivity index (χ4n) is 4.66. The van der Waals surface area contributed by atoms with E-state index >= 15 is 0 Å². The van der Waals surface area contributed by atoms with E-state index in [9.17, 15) is 9.90 Å². The van der Waals surface area contributed by atoms with E-state index in [1.54, 1.807) is 4.31 Å². The van der Waals surface area contributed by atoms with Crippen LogP contribution in [0.3, 0.4) is 0 Å². The van der Waals surface area contributed by atoms with Gasteiger partial charge in [0.1, 0.15) is 5.82 Å². The van der Waals surface area contributed by atoms with Crippen molar-refractivity contribution in [1.82, 2.24) is 18.8 Å². The fourth-order valence-corrected chi connectivity index (χ4v) is 4.90. The number of aromatic nitrogens is 2. The molecule has 1 fully saturated rings. The number of benzene rings is 2. The zero-order valence-electron chi connectivity index (χ0n) is 20.1. The van der Waals surface area contributed by atoms with Gasteiger partial charge in [-0.2, -0.15) is 0 Å². The topological polar surface area (TPSA) is 61.6 Å². The van der Waals surface area contributed by atoms with Gasteiger partial charge in [-0.15, -0.1) is 0 Å². The van der Waals surface area contributed by atoms with Crippen molar-refractivity contribution in [2.75, 3.05) is 19.7 Å². The number of hydrogen-bond acceptors (Lipinski definition) is 5. The Kier molecular flexibility index (Phi) is 7.45. The molecular weight excluding hydrogens is 444 g/mol. The van der Waals surface area contributed by atoms with Gasteiger partial charge in [-0.3, -0.25) is 4.79 Å². The maximum Gasteiger partial charge on any atom is 0.224 e. The second kappa shape index (κ2) is 10.3. The minimum absolute atomic E-state index is 0.0577. The molecule has 180 valence electrons. The van der Waals surface area contributed by atoms with E-state index in [-0.39, 0.29) is 30.0 Å². The summed E-state index contributed by atoms with van der Waals surface area (Å²) < 4.78 is 3.96. The van der Waals surface area contributed by atoms with E-state index in [0.717, 1.165) is 17.1 Å². The van der Waals surface area contributed by atoms with Crippen LogP contribution in [0.2, 0.25) is 0 Å². The van der Waals surface area contributed by atoms with Crippen LogP contribution in [-0.4, -0.2) is 55.5 Å². The van der Waals surface area contributed by atoms with E-state index in [0.29, 0.717) is 26.1 Å². The Morgan fingerprint density at radius 1 is 1.09 bits per heavy atom. The van der Waals surface area contributed by atoms with Crippen molar-refractivity contribution in [3.8, 4) is 11.3 Å². The molecule has 1 N–H and O–H groups in total. The molecule has 2 heterocycles. The normalized spacial score (nSPS) is 18.7. The van der Waals surface area contributed by atoms with E-state index in [4.69, 9.17) is 4.98 Å². The van der Waals surface area contributed by atoms with Gasteiger partial charge in [0.05, 0.1) is 24.4 Å². The lowest BCUT2D eigenvalue weighted by molar-refractivity contribution is -0.136. The molecule has 2 aromatic carbocycles. The smallest absolute Gasteiger partial charge is 0.224 e. The molecule has 1 amide bonds. The van der Waals surface area contributed by atoms with Gasteiger partial charge in [-0.05, 0) is 11.0 Å². The van der Waals surface area contributed by atoms with Crippen LogP contribution in [0.15, 0.2) is 66.9 Å². The zero-order valence-corrected chi connectivity index (χ0v) is 21.0. The summed E-state index contributed by atoms with van der Waals surface area (Å²) in [5, 5.41) is 10.00. The first-order valence-electron chi connectivity index (χ1n) is 11.8. The highest BCUT2D eigenvalue weighted by Gasteiger charge is 2.41. The summed E-state index contributed by atoms with van der Waals surface area (Å²) in [7, 11) is 0. The number of aliphatic hydroxyl groups excluding tert-OH is 1. The van der Waals surface area contributed by atoms with Crippen LogP contribution in [0.1, 0.15) is 44.6 Å². The van der Waals surface area contributed by atoms with Crippen LogP contribution in [0, 0.1) is 5.41 Å². The molecule has 7 heteroatoms. The second-order valence-electron chi connectivity index (χ2n) is 10.0. The van der Waals surface area contributed by atoms with E-state index in [1.807, 2.05) is 41.3 Å². The molecule has 1 aliphatic rings. The average molecular weight is 479 g/mol. The summed E-state index contributed by atoms with van der Waals surface area (Å²) in [6.45, 7) is 7.95. The first-order valence-corrected chi connectivity index (χ1v) is 12.2. The number of thiol groups is 1. The molecule has 34 heavy (non-hydrogen) atoms. The largest absolute Gasteiger partial charge is 0.395 e. The third-order valence-electron chi connectivity index (χ3n) is 6.36. The van der Waals surface area contributed by atoms with Crippen molar-refractivity contribution in [2.24, 2.45) is 5.41 Å². The van der Waals surface area contributed by atoms with Gasteiger partial charge in [0.25, 0.3) is 0 Å². The SMILES string of the molecule is CC(C)(C)[C@H](c1nc(-c2ccccc2)cn1Cc1ccccc1)N1C[C@@H](CO)N(S)CCC1=O. The molecule has 0 bridgehead atoms. The molecule has 1 aliphatic heterocycles. The Labute approximate surface area is 207 Å². The number of hydrogen-bond donors (Lipinski definition) is 2. The van der Waals surface area contributed by atoms with Gasteiger partial charge in [0.15, 0.2) is 0 Å². The summed E-state index contributed by atoms with van der Waals surface area (Å²) >= 11 is 4.53. The molecule has 0 unspecified atom stereocenters. The van der Waals surface area contributed by atoms with Crippen LogP contribution < -0.4 is 0 Å². The minimum atomic E-state index is -0.283. The predicted octanol–water partition coefficient (Wildman–Crippen LogP) is 4.43. The van der Waals surface area contributed by atoms with Gasteiger partial charge < -0.3 is 14.6 Å². The number of rotatable bonds is 6. The van der Waals surface area contributed by atoms with E-state index < -0.39 is 0 Å². The molecule has 1 aromatic heterocycles. The predicted molar refractivity (Wildman–Crippen MR) is 138 cm³/mol. The van der Waals surface area contributed by atoms with Gasteiger partial charge in [-0.1, -0.05) is 94.2 Å². The molecular formula is C27H34N4O2S. The van der Waals surface area contributed by atoms with Crippen molar-refractivity contribution in [1.29, 1.82) is 0 Å². The molecule has 0 saturated carbocycles. The van der Waals surface area contributed by atoms with Crippen molar-refractivity contribution >= 4 is 18.7 Å². The van der Waals surface area contributed by atoms with E-state index in [1.165, 1.54) is 5.56 Å². The Hall–Kier alpha value is -2.61. The number of amides is 1. The first-order chi connectivity index (χ1) is 16.3. The molecule has 6 nitrogen and oxygen atoms in total. The summed E-state index contributed by atoms with van der Waals surface area (Å²) in [4.78, 5) is 20.4. The Morgan fingerprint density at radius 3 is 2.35 bits per heavy atom. The molecule has 4 rings (SSSR count). The van der Waals surface area contributed by atoms with Gasteiger partial charge >= 0.3 is 0 Å². The molecule has 3 aromatic rings. The second-order valence-corrected chi connectivity index (χ2v) is 10.5. The number of carbonyl (C=O) groups is 1. The first kappa shape index (κ1) is 24.5. The Bertz CT molecular complexity index is 1090. The fraction of sp³-hybridized carbons (Fsp3) is 0.407. The minimum Gasteiger partial charge on any atom is -0.395 e. The average Bonchev–Trinajstić information content (AvgIpc) is 3.16. The van der Waals surface area contributed by atoms with Crippen LogP contribution in [0.25, 0.3) is 11.3 Å². The van der Waals surface area contributed by atoms with E-state index in [2.05, 4.69) is 68.6 Å². The van der Waals surface area contributed by atoms with Crippen LogP contribution in [-0.2, 0) is 11.3 Å². The number of nitrogens with zero attached hydrogens (tertiary/aromatic N) is 4.